The van der Waals surface area contributed by atoms with Crippen LogP contribution in [0.1, 0.15) is 21.1 Å². The molecule has 3 aromatic rings. The third kappa shape index (κ3) is 4.85. The molecular weight excluding hydrogens is 420 g/mol. The molecule has 0 saturated heterocycles. The minimum absolute atomic E-state index is 0.215. The maximum atomic E-state index is 12.6. The lowest BCUT2D eigenvalue weighted by Gasteiger charge is -2.14. The van der Waals surface area contributed by atoms with E-state index in [-0.39, 0.29) is 24.6 Å². The zero-order valence-electron chi connectivity index (χ0n) is 18.0. The topological polar surface area (TPSA) is 105 Å². The van der Waals surface area contributed by atoms with Crippen LogP contribution in [0.25, 0.3) is 10.6 Å². The standard InChI is InChI=1S/C21H24N4O5S/c1-12-20(31-13(2)23-12)15-6-7-18(26)25(24-15)9-8-22-21(27)14-10-16(28-3)19(30-5)17(11-14)29-4/h6-7,10-11H,8-9H2,1-5H3,(H,22,27). The zero-order chi connectivity index (χ0) is 22.5. The predicted octanol–water partition coefficient (Wildman–Crippen LogP) is 2.44. The number of nitrogens with zero attached hydrogens (tertiary/aromatic N) is 3. The minimum Gasteiger partial charge on any atom is -0.493 e. The van der Waals surface area contributed by atoms with Gasteiger partial charge in [0.1, 0.15) is 5.69 Å². The number of carbonyl (C=O) groups is 1. The van der Waals surface area contributed by atoms with Crippen LogP contribution < -0.4 is 25.1 Å². The molecule has 0 fully saturated rings. The van der Waals surface area contributed by atoms with Gasteiger partial charge in [0.25, 0.3) is 11.5 Å². The Labute approximate surface area is 183 Å². The summed E-state index contributed by atoms with van der Waals surface area (Å²) in [5, 5.41) is 8.15. The van der Waals surface area contributed by atoms with Gasteiger partial charge in [-0.2, -0.15) is 5.10 Å². The molecule has 0 spiro atoms. The van der Waals surface area contributed by atoms with E-state index in [1.54, 1.807) is 18.2 Å². The van der Waals surface area contributed by atoms with Gasteiger partial charge in [-0.25, -0.2) is 9.67 Å². The molecule has 1 N–H and O–H groups in total. The molecule has 0 bridgehead atoms. The molecule has 2 aromatic heterocycles. The van der Waals surface area contributed by atoms with Gasteiger partial charge in [0.05, 0.1) is 43.5 Å². The number of methoxy groups -OCH3 is 3. The van der Waals surface area contributed by atoms with Gasteiger partial charge in [-0.3, -0.25) is 9.59 Å². The lowest BCUT2D eigenvalue weighted by atomic mass is 10.1. The highest BCUT2D eigenvalue weighted by Gasteiger charge is 2.17. The van der Waals surface area contributed by atoms with Crippen LogP contribution in [0.5, 0.6) is 17.2 Å². The van der Waals surface area contributed by atoms with Crippen LogP contribution in [-0.4, -0.2) is 48.5 Å². The third-order valence-electron chi connectivity index (χ3n) is 4.54. The summed E-state index contributed by atoms with van der Waals surface area (Å²) in [5.41, 5.74) is 1.65. The van der Waals surface area contributed by atoms with Gasteiger partial charge in [0.2, 0.25) is 5.75 Å². The molecule has 0 radical (unpaired) electrons. The van der Waals surface area contributed by atoms with E-state index in [1.165, 1.54) is 43.4 Å². The van der Waals surface area contributed by atoms with Gasteiger partial charge in [-0.1, -0.05) is 0 Å². The molecule has 3 rings (SSSR count). The molecule has 0 atom stereocenters. The Morgan fingerprint density at radius 3 is 2.32 bits per heavy atom. The van der Waals surface area contributed by atoms with E-state index >= 15 is 0 Å². The number of aromatic nitrogens is 3. The quantitative estimate of drug-likeness (QED) is 0.569. The molecule has 0 aliphatic heterocycles. The van der Waals surface area contributed by atoms with Crippen molar-refractivity contribution in [3.63, 3.8) is 0 Å². The molecule has 164 valence electrons. The highest BCUT2D eigenvalue weighted by molar-refractivity contribution is 7.15. The minimum atomic E-state index is -0.336. The summed E-state index contributed by atoms with van der Waals surface area (Å²) in [6, 6.07) is 6.29. The van der Waals surface area contributed by atoms with Crippen molar-refractivity contribution in [3.05, 3.63) is 50.9 Å². The van der Waals surface area contributed by atoms with Gasteiger partial charge in [-0.15, -0.1) is 11.3 Å². The monoisotopic (exact) mass is 444 g/mol. The van der Waals surface area contributed by atoms with E-state index in [1.807, 2.05) is 13.8 Å². The Morgan fingerprint density at radius 2 is 1.77 bits per heavy atom. The van der Waals surface area contributed by atoms with Crippen LogP contribution in [0.4, 0.5) is 0 Å². The van der Waals surface area contributed by atoms with E-state index in [0.29, 0.717) is 28.5 Å². The molecule has 1 aromatic carbocycles. The van der Waals surface area contributed by atoms with Crippen LogP contribution in [0.3, 0.4) is 0 Å². The van der Waals surface area contributed by atoms with Crippen molar-refractivity contribution in [2.45, 2.75) is 20.4 Å². The summed E-state index contributed by atoms with van der Waals surface area (Å²) in [7, 11) is 4.46. The highest BCUT2D eigenvalue weighted by atomic mass is 32.1. The molecule has 2 heterocycles. The Bertz CT molecular complexity index is 1130. The normalized spacial score (nSPS) is 10.6. The molecule has 0 saturated carbocycles. The summed E-state index contributed by atoms with van der Waals surface area (Å²) >= 11 is 1.53. The van der Waals surface area contributed by atoms with Gasteiger partial charge < -0.3 is 19.5 Å². The molecular formula is C21H24N4O5S. The van der Waals surface area contributed by atoms with Crippen LogP contribution in [-0.2, 0) is 6.54 Å². The molecule has 31 heavy (non-hydrogen) atoms. The zero-order valence-corrected chi connectivity index (χ0v) is 18.8. The summed E-state index contributed by atoms with van der Waals surface area (Å²) in [6.07, 6.45) is 0. The highest BCUT2D eigenvalue weighted by Crippen LogP contribution is 2.38. The number of carbonyl (C=O) groups excluding carboxylic acids is 1. The molecule has 0 unspecified atom stereocenters. The Hall–Kier alpha value is -3.40. The maximum Gasteiger partial charge on any atom is 0.266 e. The van der Waals surface area contributed by atoms with Crippen molar-refractivity contribution in [1.29, 1.82) is 0 Å². The fourth-order valence-corrected chi connectivity index (χ4v) is 3.97. The number of aryl methyl sites for hydroxylation is 2. The number of benzene rings is 1. The van der Waals surface area contributed by atoms with E-state index in [2.05, 4.69) is 15.4 Å². The molecule has 9 nitrogen and oxygen atoms in total. The fraction of sp³-hybridized carbons (Fsp3) is 0.333. The van der Waals surface area contributed by atoms with Gasteiger partial charge >= 0.3 is 0 Å². The Kier molecular flexibility index (Phi) is 6.91. The first-order valence-corrected chi connectivity index (χ1v) is 10.3. The van der Waals surface area contributed by atoms with Crippen molar-refractivity contribution in [2.75, 3.05) is 27.9 Å². The van der Waals surface area contributed by atoms with E-state index in [0.717, 1.165) is 15.6 Å². The number of ether oxygens (including phenoxy) is 3. The number of hydrogen-bond donors (Lipinski definition) is 1. The average molecular weight is 445 g/mol. The first-order valence-electron chi connectivity index (χ1n) is 9.48. The van der Waals surface area contributed by atoms with Crippen molar-refractivity contribution in [3.8, 4) is 27.8 Å². The van der Waals surface area contributed by atoms with Crippen molar-refractivity contribution >= 4 is 17.2 Å². The largest absolute Gasteiger partial charge is 0.493 e. The number of rotatable bonds is 8. The van der Waals surface area contributed by atoms with Gasteiger partial charge in [0, 0.05) is 18.2 Å². The molecule has 0 aliphatic carbocycles. The first kappa shape index (κ1) is 22.3. The average Bonchev–Trinajstić information content (AvgIpc) is 3.11. The fourth-order valence-electron chi connectivity index (χ4n) is 3.09. The molecule has 10 heteroatoms. The Morgan fingerprint density at radius 1 is 1.10 bits per heavy atom. The van der Waals surface area contributed by atoms with Crippen LogP contribution in [0.2, 0.25) is 0 Å². The van der Waals surface area contributed by atoms with E-state index < -0.39 is 0 Å². The smallest absolute Gasteiger partial charge is 0.266 e. The second kappa shape index (κ2) is 9.61. The maximum absolute atomic E-state index is 12.6. The van der Waals surface area contributed by atoms with E-state index in [4.69, 9.17) is 14.2 Å². The second-order valence-corrected chi connectivity index (χ2v) is 7.80. The second-order valence-electron chi connectivity index (χ2n) is 6.60. The van der Waals surface area contributed by atoms with Crippen molar-refractivity contribution < 1.29 is 19.0 Å². The number of hydrogen-bond acceptors (Lipinski definition) is 8. The van der Waals surface area contributed by atoms with Gasteiger partial charge in [-0.05, 0) is 32.0 Å². The summed E-state index contributed by atoms with van der Waals surface area (Å²) in [6.45, 7) is 4.27. The summed E-state index contributed by atoms with van der Waals surface area (Å²) < 4.78 is 17.2. The number of amides is 1. The van der Waals surface area contributed by atoms with Crippen LogP contribution >= 0.6 is 11.3 Å². The molecule has 0 aliphatic rings. The lowest BCUT2D eigenvalue weighted by Crippen LogP contribution is -2.32. The van der Waals surface area contributed by atoms with Crippen LogP contribution in [0, 0.1) is 13.8 Å². The van der Waals surface area contributed by atoms with Crippen molar-refractivity contribution in [1.82, 2.24) is 20.1 Å². The van der Waals surface area contributed by atoms with Crippen molar-refractivity contribution in [2.24, 2.45) is 0 Å². The van der Waals surface area contributed by atoms with E-state index in [9.17, 15) is 9.59 Å². The molecule has 1 amide bonds. The predicted molar refractivity (Wildman–Crippen MR) is 118 cm³/mol. The third-order valence-corrected chi connectivity index (χ3v) is 5.63. The Balaban J connectivity index is 1.73. The van der Waals surface area contributed by atoms with Crippen LogP contribution in [0.15, 0.2) is 29.1 Å². The first-order chi connectivity index (χ1) is 14.9. The van der Waals surface area contributed by atoms with Gasteiger partial charge in [0.15, 0.2) is 11.5 Å². The number of nitrogens with one attached hydrogen (secondary N) is 1. The summed E-state index contributed by atoms with van der Waals surface area (Å²) in [5.74, 6) is 0.834. The number of thiazole rings is 1. The summed E-state index contributed by atoms with van der Waals surface area (Å²) in [4.78, 5) is 30.1. The lowest BCUT2D eigenvalue weighted by molar-refractivity contribution is 0.0951. The SMILES string of the molecule is COc1cc(C(=O)NCCn2nc(-c3sc(C)nc3C)ccc2=O)cc(OC)c1OC.